The third kappa shape index (κ3) is 2.24. The van der Waals surface area contributed by atoms with E-state index in [1.165, 1.54) is 5.56 Å². The first-order valence-electron chi connectivity index (χ1n) is 5.51. The van der Waals surface area contributed by atoms with Crippen LogP contribution < -0.4 is 10.6 Å². The SMILES string of the molecule is C=CCNC(=O)[C@@H]1CNc2ccccc2C1. The van der Waals surface area contributed by atoms with E-state index in [1.807, 2.05) is 18.2 Å². The maximum Gasteiger partial charge on any atom is 0.225 e. The minimum atomic E-state index is 0.0230. The van der Waals surface area contributed by atoms with E-state index in [1.54, 1.807) is 6.08 Å². The van der Waals surface area contributed by atoms with Gasteiger partial charge in [0.05, 0.1) is 5.92 Å². The van der Waals surface area contributed by atoms with Crippen molar-refractivity contribution >= 4 is 11.6 Å². The Morgan fingerprint density at radius 3 is 3.19 bits per heavy atom. The van der Waals surface area contributed by atoms with E-state index >= 15 is 0 Å². The normalized spacial score (nSPS) is 18.1. The fraction of sp³-hybridized carbons (Fsp3) is 0.308. The summed E-state index contributed by atoms with van der Waals surface area (Å²) in [4.78, 5) is 11.8. The molecule has 1 aromatic carbocycles. The average molecular weight is 216 g/mol. The van der Waals surface area contributed by atoms with Gasteiger partial charge in [-0.2, -0.15) is 0 Å². The lowest BCUT2D eigenvalue weighted by Crippen LogP contribution is -2.38. The fourth-order valence-electron chi connectivity index (χ4n) is 1.94. The molecule has 0 saturated carbocycles. The molecule has 1 aromatic rings. The zero-order chi connectivity index (χ0) is 11.4. The van der Waals surface area contributed by atoms with Gasteiger partial charge in [0.25, 0.3) is 0 Å². The molecule has 1 aliphatic rings. The van der Waals surface area contributed by atoms with Crippen molar-refractivity contribution in [1.29, 1.82) is 0 Å². The molecule has 1 atom stereocenters. The molecule has 16 heavy (non-hydrogen) atoms. The molecule has 0 aromatic heterocycles. The Bertz CT molecular complexity index is 401. The lowest BCUT2D eigenvalue weighted by atomic mass is 9.93. The molecule has 0 radical (unpaired) electrons. The second-order valence-electron chi connectivity index (χ2n) is 3.97. The van der Waals surface area contributed by atoms with Crippen molar-refractivity contribution in [3.63, 3.8) is 0 Å². The molecule has 84 valence electrons. The maximum absolute atomic E-state index is 11.8. The Kier molecular flexibility index (Phi) is 3.25. The number of anilines is 1. The molecule has 3 heteroatoms. The number of carbonyl (C=O) groups excluding carboxylic acids is 1. The van der Waals surface area contributed by atoms with Crippen LogP contribution in [0.25, 0.3) is 0 Å². The Labute approximate surface area is 95.6 Å². The average Bonchev–Trinajstić information content (AvgIpc) is 2.35. The van der Waals surface area contributed by atoms with Gasteiger partial charge in [-0.3, -0.25) is 4.79 Å². The van der Waals surface area contributed by atoms with E-state index in [9.17, 15) is 4.79 Å². The van der Waals surface area contributed by atoms with Crippen LogP contribution in [0.1, 0.15) is 5.56 Å². The third-order valence-corrected chi connectivity index (χ3v) is 2.81. The summed E-state index contributed by atoms with van der Waals surface area (Å²) in [6.07, 6.45) is 2.51. The Morgan fingerprint density at radius 2 is 2.38 bits per heavy atom. The second kappa shape index (κ2) is 4.84. The van der Waals surface area contributed by atoms with Gasteiger partial charge in [0, 0.05) is 18.8 Å². The number of carbonyl (C=O) groups is 1. The van der Waals surface area contributed by atoms with Crippen LogP contribution in [0, 0.1) is 5.92 Å². The number of benzene rings is 1. The quantitative estimate of drug-likeness (QED) is 0.753. The Balaban J connectivity index is 2.02. The monoisotopic (exact) mass is 216 g/mol. The zero-order valence-corrected chi connectivity index (χ0v) is 9.20. The molecular formula is C13H16N2O. The first-order chi connectivity index (χ1) is 7.81. The Hall–Kier alpha value is -1.77. The maximum atomic E-state index is 11.8. The Morgan fingerprint density at radius 1 is 1.56 bits per heavy atom. The van der Waals surface area contributed by atoms with Gasteiger partial charge in [-0.15, -0.1) is 6.58 Å². The van der Waals surface area contributed by atoms with Crippen molar-refractivity contribution in [3.8, 4) is 0 Å². The third-order valence-electron chi connectivity index (χ3n) is 2.81. The molecule has 1 aliphatic heterocycles. The van der Waals surface area contributed by atoms with E-state index in [0.29, 0.717) is 13.1 Å². The summed E-state index contributed by atoms with van der Waals surface area (Å²) in [5, 5.41) is 6.12. The predicted molar refractivity (Wildman–Crippen MR) is 65.3 cm³/mol. The molecule has 2 rings (SSSR count). The molecule has 1 amide bonds. The summed E-state index contributed by atoms with van der Waals surface area (Å²) >= 11 is 0. The van der Waals surface area contributed by atoms with Gasteiger partial charge in [0.1, 0.15) is 0 Å². The van der Waals surface area contributed by atoms with Crippen LogP contribution in [0.4, 0.5) is 5.69 Å². The van der Waals surface area contributed by atoms with E-state index < -0.39 is 0 Å². The van der Waals surface area contributed by atoms with Crippen LogP contribution in [-0.2, 0) is 11.2 Å². The first-order valence-corrected chi connectivity index (χ1v) is 5.51. The van der Waals surface area contributed by atoms with Gasteiger partial charge in [-0.1, -0.05) is 24.3 Å². The van der Waals surface area contributed by atoms with Crippen LogP contribution in [0.5, 0.6) is 0 Å². The molecule has 1 heterocycles. The molecule has 2 N–H and O–H groups in total. The van der Waals surface area contributed by atoms with E-state index in [0.717, 1.165) is 12.1 Å². The standard InChI is InChI=1S/C13H16N2O/c1-2-7-14-13(16)11-8-10-5-3-4-6-12(10)15-9-11/h2-6,11,15H,1,7-9H2,(H,14,16)/t11-/m0/s1. The molecule has 0 fully saturated rings. The van der Waals surface area contributed by atoms with Crippen LogP contribution in [-0.4, -0.2) is 19.0 Å². The molecule has 0 bridgehead atoms. The molecular weight excluding hydrogens is 200 g/mol. The van der Waals surface area contributed by atoms with Crippen molar-refractivity contribution in [2.75, 3.05) is 18.4 Å². The smallest absolute Gasteiger partial charge is 0.225 e. The number of fused-ring (bicyclic) bond motifs is 1. The minimum absolute atomic E-state index is 0.0230. The highest BCUT2D eigenvalue weighted by atomic mass is 16.1. The largest absolute Gasteiger partial charge is 0.384 e. The topological polar surface area (TPSA) is 41.1 Å². The predicted octanol–water partition coefficient (Wildman–Crippen LogP) is 1.57. The number of amides is 1. The number of rotatable bonds is 3. The summed E-state index contributed by atoms with van der Waals surface area (Å²) in [7, 11) is 0. The number of hydrogen-bond acceptors (Lipinski definition) is 2. The summed E-state index contributed by atoms with van der Waals surface area (Å²) in [5.41, 5.74) is 2.36. The summed E-state index contributed by atoms with van der Waals surface area (Å²) < 4.78 is 0. The summed E-state index contributed by atoms with van der Waals surface area (Å²) in [6, 6.07) is 8.12. The van der Waals surface area contributed by atoms with Crippen LogP contribution in [0.2, 0.25) is 0 Å². The number of para-hydroxylation sites is 1. The van der Waals surface area contributed by atoms with Crippen molar-refractivity contribution in [2.24, 2.45) is 5.92 Å². The van der Waals surface area contributed by atoms with Crippen molar-refractivity contribution < 1.29 is 4.79 Å². The zero-order valence-electron chi connectivity index (χ0n) is 9.20. The van der Waals surface area contributed by atoms with Crippen LogP contribution >= 0.6 is 0 Å². The molecule has 3 nitrogen and oxygen atoms in total. The van der Waals surface area contributed by atoms with E-state index in [2.05, 4.69) is 23.3 Å². The number of hydrogen-bond donors (Lipinski definition) is 2. The second-order valence-corrected chi connectivity index (χ2v) is 3.97. The van der Waals surface area contributed by atoms with E-state index in [-0.39, 0.29) is 11.8 Å². The molecule has 0 saturated heterocycles. The van der Waals surface area contributed by atoms with Gasteiger partial charge in [0.2, 0.25) is 5.91 Å². The number of nitrogens with one attached hydrogen (secondary N) is 2. The highest BCUT2D eigenvalue weighted by Crippen LogP contribution is 2.24. The molecule has 0 spiro atoms. The van der Waals surface area contributed by atoms with Gasteiger partial charge < -0.3 is 10.6 Å². The highest BCUT2D eigenvalue weighted by Gasteiger charge is 2.23. The minimum Gasteiger partial charge on any atom is -0.384 e. The van der Waals surface area contributed by atoms with Crippen LogP contribution in [0.15, 0.2) is 36.9 Å². The molecule has 0 aliphatic carbocycles. The summed E-state index contributed by atoms with van der Waals surface area (Å²) in [6.45, 7) is 4.83. The van der Waals surface area contributed by atoms with Crippen LogP contribution in [0.3, 0.4) is 0 Å². The summed E-state index contributed by atoms with van der Waals surface area (Å²) in [5.74, 6) is 0.122. The van der Waals surface area contributed by atoms with Gasteiger partial charge in [-0.05, 0) is 18.1 Å². The van der Waals surface area contributed by atoms with E-state index in [4.69, 9.17) is 0 Å². The van der Waals surface area contributed by atoms with Gasteiger partial charge in [0.15, 0.2) is 0 Å². The lowest BCUT2D eigenvalue weighted by Gasteiger charge is -2.25. The fourth-order valence-corrected chi connectivity index (χ4v) is 1.94. The van der Waals surface area contributed by atoms with Gasteiger partial charge in [-0.25, -0.2) is 0 Å². The van der Waals surface area contributed by atoms with Crippen molar-refractivity contribution in [3.05, 3.63) is 42.5 Å². The lowest BCUT2D eigenvalue weighted by molar-refractivity contribution is -0.124. The van der Waals surface area contributed by atoms with Crippen molar-refractivity contribution in [1.82, 2.24) is 5.32 Å². The highest BCUT2D eigenvalue weighted by molar-refractivity contribution is 5.80. The first kappa shape index (κ1) is 10.7. The van der Waals surface area contributed by atoms with Crippen molar-refractivity contribution in [2.45, 2.75) is 6.42 Å². The molecule has 0 unspecified atom stereocenters. The van der Waals surface area contributed by atoms with Gasteiger partial charge >= 0.3 is 0 Å².